The molecule has 1 aliphatic heterocycles. The van der Waals surface area contributed by atoms with Crippen molar-refractivity contribution in [2.75, 3.05) is 14.2 Å². The molecule has 41 heavy (non-hydrogen) atoms. The zero-order chi connectivity index (χ0) is 30.1. The van der Waals surface area contributed by atoms with Gasteiger partial charge in [0.25, 0.3) is 0 Å². The van der Waals surface area contributed by atoms with Crippen LogP contribution in [0.4, 0.5) is 0 Å². The Hall–Kier alpha value is -2.81. The summed E-state index contributed by atoms with van der Waals surface area (Å²) < 4.78 is 37.1. The van der Waals surface area contributed by atoms with Crippen molar-refractivity contribution in [3.8, 4) is 11.5 Å². The van der Waals surface area contributed by atoms with Crippen molar-refractivity contribution in [2.45, 2.75) is 64.2 Å². The van der Waals surface area contributed by atoms with Crippen molar-refractivity contribution >= 4 is 44.9 Å². The fraction of sp³-hybridized carbons (Fsp3) is 0.419. The topological polar surface area (TPSA) is 90.0 Å². The standard InChI is InChI=1S/C31H33Cl2NO6S/c1-30(2)13-21-27(23(35)15-30)26(28-22(34(21)5)14-31(3,4)16-24(28)36)17-11-20(33)29(25(12-17)39-6)40-41(37,38)19-9-7-18(32)8-10-19/h7-12,26H,13-16H2,1-6H3. The fourth-order valence-electron chi connectivity index (χ4n) is 6.24. The minimum atomic E-state index is -4.27. The molecule has 0 fully saturated rings. The average Bonchev–Trinajstić information content (AvgIpc) is 2.85. The van der Waals surface area contributed by atoms with Gasteiger partial charge < -0.3 is 13.8 Å². The monoisotopic (exact) mass is 617 g/mol. The summed E-state index contributed by atoms with van der Waals surface area (Å²) in [4.78, 5) is 29.5. The molecule has 3 aliphatic rings. The first kappa shape index (κ1) is 29.7. The van der Waals surface area contributed by atoms with Crippen LogP contribution in [-0.2, 0) is 19.7 Å². The molecular weight excluding hydrogens is 585 g/mol. The van der Waals surface area contributed by atoms with Gasteiger partial charge in [-0.1, -0.05) is 50.9 Å². The van der Waals surface area contributed by atoms with Crippen LogP contribution in [-0.4, -0.2) is 39.0 Å². The Morgan fingerprint density at radius 1 is 0.854 bits per heavy atom. The van der Waals surface area contributed by atoms with Gasteiger partial charge in [-0.15, -0.1) is 0 Å². The maximum atomic E-state index is 13.8. The molecule has 2 aromatic carbocycles. The van der Waals surface area contributed by atoms with Gasteiger partial charge in [-0.2, -0.15) is 8.42 Å². The number of allylic oxidation sites excluding steroid dienone is 4. The van der Waals surface area contributed by atoms with Crippen LogP contribution in [0.1, 0.15) is 64.9 Å². The molecule has 7 nitrogen and oxygen atoms in total. The zero-order valence-corrected chi connectivity index (χ0v) is 26.3. The van der Waals surface area contributed by atoms with Crippen LogP contribution in [0, 0.1) is 10.8 Å². The third kappa shape index (κ3) is 5.42. The maximum absolute atomic E-state index is 13.8. The zero-order valence-electron chi connectivity index (χ0n) is 23.9. The van der Waals surface area contributed by atoms with E-state index in [1.54, 1.807) is 12.1 Å². The molecule has 0 spiro atoms. The first-order chi connectivity index (χ1) is 19.0. The van der Waals surface area contributed by atoms with Gasteiger partial charge in [-0.05, 0) is 65.6 Å². The molecule has 10 heteroatoms. The second-order valence-electron chi connectivity index (χ2n) is 12.6. The quantitative estimate of drug-likeness (QED) is 0.331. The normalized spacial score (nSPS) is 20.6. The lowest BCUT2D eigenvalue weighted by Gasteiger charge is -2.48. The smallest absolute Gasteiger partial charge is 0.339 e. The second kappa shape index (κ2) is 10.2. The van der Waals surface area contributed by atoms with Crippen molar-refractivity contribution in [3.05, 3.63) is 74.5 Å². The van der Waals surface area contributed by atoms with Crippen molar-refractivity contribution in [1.29, 1.82) is 0 Å². The van der Waals surface area contributed by atoms with E-state index in [4.69, 9.17) is 32.1 Å². The highest BCUT2D eigenvalue weighted by atomic mass is 35.5. The van der Waals surface area contributed by atoms with Gasteiger partial charge in [0.2, 0.25) is 5.75 Å². The van der Waals surface area contributed by atoms with Crippen LogP contribution in [0.25, 0.3) is 0 Å². The predicted molar refractivity (Wildman–Crippen MR) is 158 cm³/mol. The largest absolute Gasteiger partial charge is 0.493 e. The lowest BCUT2D eigenvalue weighted by molar-refractivity contribution is -0.119. The number of nitrogens with zero attached hydrogens (tertiary/aromatic N) is 1. The van der Waals surface area contributed by atoms with Gasteiger partial charge in [0.1, 0.15) is 4.90 Å². The number of Topliss-reactive ketones (excluding diaryl/α,β-unsaturated/α-hetero) is 2. The molecule has 0 atom stereocenters. The second-order valence-corrected chi connectivity index (χ2v) is 15.0. The Kier molecular flexibility index (Phi) is 7.36. The Morgan fingerprint density at radius 3 is 1.85 bits per heavy atom. The number of carbonyl (C=O) groups is 2. The minimum absolute atomic E-state index is 0.0157. The highest BCUT2D eigenvalue weighted by molar-refractivity contribution is 7.87. The van der Waals surface area contributed by atoms with E-state index in [1.165, 1.54) is 31.4 Å². The molecule has 0 unspecified atom stereocenters. The minimum Gasteiger partial charge on any atom is -0.493 e. The lowest BCUT2D eigenvalue weighted by atomic mass is 9.64. The number of methoxy groups -OCH3 is 1. The van der Waals surface area contributed by atoms with E-state index < -0.39 is 16.0 Å². The highest BCUT2D eigenvalue weighted by Gasteiger charge is 2.48. The Labute approximate surface area is 251 Å². The van der Waals surface area contributed by atoms with Crippen LogP contribution < -0.4 is 8.92 Å². The molecular formula is C31H33Cl2NO6S. The highest BCUT2D eigenvalue weighted by Crippen LogP contribution is 2.55. The van der Waals surface area contributed by atoms with E-state index in [2.05, 4.69) is 27.7 Å². The SMILES string of the molecule is COc1cc(C2C3=C(CC(C)(C)CC3=O)N(C)C3=C2C(=O)CC(C)(C)C3)cc(Cl)c1OS(=O)(=O)c1ccc(Cl)cc1. The van der Waals surface area contributed by atoms with Gasteiger partial charge in [-0.3, -0.25) is 9.59 Å². The molecule has 2 aromatic rings. The Morgan fingerprint density at radius 2 is 1.37 bits per heavy atom. The van der Waals surface area contributed by atoms with Gasteiger partial charge in [-0.25, -0.2) is 0 Å². The molecule has 2 aliphatic carbocycles. The van der Waals surface area contributed by atoms with Crippen LogP contribution in [0.5, 0.6) is 11.5 Å². The van der Waals surface area contributed by atoms with Crippen LogP contribution >= 0.6 is 23.2 Å². The van der Waals surface area contributed by atoms with E-state index in [0.717, 1.165) is 11.4 Å². The number of carbonyl (C=O) groups excluding carboxylic acids is 2. The molecule has 0 N–H and O–H groups in total. The summed E-state index contributed by atoms with van der Waals surface area (Å²) in [6.45, 7) is 8.30. The first-order valence-corrected chi connectivity index (χ1v) is 15.5. The van der Waals surface area contributed by atoms with Crippen molar-refractivity contribution < 1.29 is 26.9 Å². The lowest BCUT2D eigenvalue weighted by Crippen LogP contribution is -2.43. The van der Waals surface area contributed by atoms with Gasteiger partial charge in [0, 0.05) is 53.4 Å². The van der Waals surface area contributed by atoms with Gasteiger partial charge in [0.15, 0.2) is 17.3 Å². The third-order valence-electron chi connectivity index (χ3n) is 8.06. The number of ketones is 2. The van der Waals surface area contributed by atoms with E-state index in [0.29, 0.717) is 47.4 Å². The predicted octanol–water partition coefficient (Wildman–Crippen LogP) is 7.09. The summed E-state index contributed by atoms with van der Waals surface area (Å²) in [6, 6.07) is 8.74. The molecule has 0 saturated carbocycles. The summed E-state index contributed by atoms with van der Waals surface area (Å²) in [7, 11) is -0.949. The summed E-state index contributed by atoms with van der Waals surface area (Å²) in [6.07, 6.45) is 2.06. The van der Waals surface area contributed by atoms with Crippen molar-refractivity contribution in [3.63, 3.8) is 0 Å². The first-order valence-electron chi connectivity index (χ1n) is 13.4. The van der Waals surface area contributed by atoms with Gasteiger partial charge >= 0.3 is 10.1 Å². The summed E-state index contributed by atoms with van der Waals surface area (Å²) in [5.74, 6) is -0.801. The molecule has 0 radical (unpaired) electrons. The van der Waals surface area contributed by atoms with Crippen LogP contribution in [0.2, 0.25) is 10.0 Å². The van der Waals surface area contributed by atoms with Crippen molar-refractivity contribution in [1.82, 2.24) is 4.90 Å². The number of benzene rings is 2. The van der Waals surface area contributed by atoms with Crippen LogP contribution in [0.15, 0.2) is 63.8 Å². The summed E-state index contributed by atoms with van der Waals surface area (Å²) in [5.41, 5.74) is 3.08. The van der Waals surface area contributed by atoms with Crippen molar-refractivity contribution in [2.24, 2.45) is 10.8 Å². The molecule has 1 heterocycles. The molecule has 0 aromatic heterocycles. The average molecular weight is 619 g/mol. The molecule has 0 amide bonds. The number of halogens is 2. The third-order valence-corrected chi connectivity index (χ3v) is 9.83. The number of ether oxygens (including phenoxy) is 1. The van der Waals surface area contributed by atoms with E-state index in [1.807, 2.05) is 11.9 Å². The Bertz CT molecular complexity index is 1580. The number of hydrogen-bond acceptors (Lipinski definition) is 7. The van der Waals surface area contributed by atoms with E-state index >= 15 is 0 Å². The fourth-order valence-corrected chi connectivity index (χ4v) is 7.63. The summed E-state index contributed by atoms with van der Waals surface area (Å²) >= 11 is 12.6. The van der Waals surface area contributed by atoms with Gasteiger partial charge in [0.05, 0.1) is 12.1 Å². The molecule has 5 rings (SSSR count). The van der Waals surface area contributed by atoms with Crippen LogP contribution in [0.3, 0.4) is 0 Å². The van der Waals surface area contributed by atoms with E-state index in [-0.39, 0.29) is 43.8 Å². The molecule has 218 valence electrons. The van der Waals surface area contributed by atoms with E-state index in [9.17, 15) is 18.0 Å². The summed E-state index contributed by atoms with van der Waals surface area (Å²) in [5, 5.41) is 0.359. The maximum Gasteiger partial charge on any atom is 0.339 e. The number of hydrogen-bond donors (Lipinski definition) is 0. The molecule has 0 bridgehead atoms. The Balaban J connectivity index is 1.67. The molecule has 0 saturated heterocycles. The number of rotatable bonds is 5.